The Hall–Kier alpha value is -2.68. The first-order chi connectivity index (χ1) is 14.7. The fourth-order valence-corrected chi connectivity index (χ4v) is 5.40. The number of hydrogen-bond acceptors (Lipinski definition) is 0. The highest BCUT2D eigenvalue weighted by Gasteiger charge is 2.11. The molecule has 0 aliphatic heterocycles. The average molecular weight is 512 g/mol. The first kappa shape index (κ1) is 18.1. The van der Waals surface area contributed by atoms with Gasteiger partial charge in [-0.05, 0) is 97.0 Å². The summed E-state index contributed by atoms with van der Waals surface area (Å²) in [7, 11) is 0. The summed E-state index contributed by atoms with van der Waals surface area (Å²) in [5.74, 6) is 0. The monoisotopic (exact) mass is 510 g/mol. The van der Waals surface area contributed by atoms with Crippen LogP contribution in [0.1, 0.15) is 0 Å². The Morgan fingerprint density at radius 3 is 1.53 bits per heavy atom. The van der Waals surface area contributed by atoms with Crippen LogP contribution in [-0.4, -0.2) is 0 Å². The number of rotatable bonds is 2. The summed E-state index contributed by atoms with van der Waals surface area (Å²) in [5, 5.41) is 7.90. The maximum atomic E-state index is 3.73. The molecule has 6 rings (SSSR count). The third kappa shape index (κ3) is 2.94. The van der Waals surface area contributed by atoms with Crippen molar-refractivity contribution in [3.8, 4) is 22.3 Å². The van der Waals surface area contributed by atoms with Crippen LogP contribution >= 0.6 is 31.9 Å². The summed E-state index contributed by atoms with van der Waals surface area (Å²) < 4.78 is 2.17. The summed E-state index contributed by atoms with van der Waals surface area (Å²) >= 11 is 7.32. The van der Waals surface area contributed by atoms with Gasteiger partial charge in [0, 0.05) is 8.95 Å². The Balaban J connectivity index is 1.60. The van der Waals surface area contributed by atoms with Crippen LogP contribution in [0.5, 0.6) is 0 Å². The molecule has 6 aromatic rings. The fraction of sp³-hybridized carbons (Fsp3) is 0. The number of benzene rings is 6. The molecule has 0 aliphatic carbocycles. The van der Waals surface area contributed by atoms with E-state index in [2.05, 4.69) is 129 Å². The summed E-state index contributed by atoms with van der Waals surface area (Å²) in [5.41, 5.74) is 4.85. The van der Waals surface area contributed by atoms with Crippen molar-refractivity contribution in [3.05, 3.63) is 106 Å². The predicted octanol–water partition coefficient (Wildman–Crippen LogP) is 9.44. The topological polar surface area (TPSA) is 0 Å². The van der Waals surface area contributed by atoms with Crippen molar-refractivity contribution < 1.29 is 0 Å². The molecule has 0 spiro atoms. The van der Waals surface area contributed by atoms with E-state index in [1.165, 1.54) is 54.6 Å². The van der Waals surface area contributed by atoms with Crippen molar-refractivity contribution in [2.45, 2.75) is 0 Å². The van der Waals surface area contributed by atoms with Crippen molar-refractivity contribution >= 4 is 64.2 Å². The molecule has 30 heavy (non-hydrogen) atoms. The molecular formula is C28H16Br2. The second kappa shape index (κ2) is 6.94. The maximum absolute atomic E-state index is 3.73. The zero-order chi connectivity index (χ0) is 20.2. The van der Waals surface area contributed by atoms with E-state index in [9.17, 15) is 0 Å². The van der Waals surface area contributed by atoms with E-state index in [-0.39, 0.29) is 0 Å². The lowest BCUT2D eigenvalue weighted by molar-refractivity contribution is 1.56. The van der Waals surface area contributed by atoms with Crippen molar-refractivity contribution in [3.63, 3.8) is 0 Å². The number of hydrogen-bond donors (Lipinski definition) is 0. The minimum atomic E-state index is 1.08. The predicted molar refractivity (Wildman–Crippen MR) is 136 cm³/mol. The van der Waals surface area contributed by atoms with Crippen molar-refractivity contribution in [1.82, 2.24) is 0 Å². The molecule has 0 heterocycles. The molecule has 0 saturated carbocycles. The van der Waals surface area contributed by atoms with Gasteiger partial charge >= 0.3 is 0 Å². The van der Waals surface area contributed by atoms with Crippen molar-refractivity contribution in [2.75, 3.05) is 0 Å². The molecule has 0 fully saturated rings. The van der Waals surface area contributed by atoms with Gasteiger partial charge in [0.1, 0.15) is 0 Å². The average Bonchev–Trinajstić information content (AvgIpc) is 2.77. The van der Waals surface area contributed by atoms with Crippen LogP contribution in [0.4, 0.5) is 0 Å². The van der Waals surface area contributed by atoms with Gasteiger partial charge in [0.25, 0.3) is 0 Å². The first-order valence-electron chi connectivity index (χ1n) is 9.90. The smallest absolute Gasteiger partial charge is 0.0187 e. The van der Waals surface area contributed by atoms with Gasteiger partial charge in [0.15, 0.2) is 0 Å². The van der Waals surface area contributed by atoms with Gasteiger partial charge in [0.05, 0.1) is 0 Å². The zero-order valence-corrected chi connectivity index (χ0v) is 19.2. The minimum absolute atomic E-state index is 1.08. The molecule has 6 aromatic carbocycles. The van der Waals surface area contributed by atoms with Gasteiger partial charge in [-0.3, -0.25) is 0 Å². The van der Waals surface area contributed by atoms with Crippen LogP contribution in [0.25, 0.3) is 54.6 Å². The lowest BCUT2D eigenvalue weighted by Gasteiger charge is -2.14. The summed E-state index contributed by atoms with van der Waals surface area (Å²) in [6.45, 7) is 0. The highest BCUT2D eigenvalue weighted by molar-refractivity contribution is 9.10. The third-order valence-electron chi connectivity index (χ3n) is 5.85. The van der Waals surface area contributed by atoms with Crippen LogP contribution in [0, 0.1) is 0 Å². The quantitative estimate of drug-likeness (QED) is 0.203. The summed E-state index contributed by atoms with van der Waals surface area (Å²) in [6.07, 6.45) is 0. The van der Waals surface area contributed by atoms with E-state index >= 15 is 0 Å². The Labute approximate surface area is 191 Å². The molecular weight excluding hydrogens is 496 g/mol. The number of halogens is 2. The Morgan fingerprint density at radius 1 is 0.367 bits per heavy atom. The normalized spacial score (nSPS) is 11.7. The Morgan fingerprint density at radius 2 is 0.867 bits per heavy atom. The highest BCUT2D eigenvalue weighted by Crippen LogP contribution is 2.38. The second-order valence-corrected chi connectivity index (χ2v) is 9.58. The molecule has 0 saturated heterocycles. The Kier molecular flexibility index (Phi) is 4.19. The van der Waals surface area contributed by atoms with E-state index in [0.717, 1.165) is 8.95 Å². The van der Waals surface area contributed by atoms with Gasteiger partial charge < -0.3 is 0 Å². The van der Waals surface area contributed by atoms with Crippen molar-refractivity contribution in [2.24, 2.45) is 0 Å². The zero-order valence-electron chi connectivity index (χ0n) is 16.0. The third-order valence-corrected chi connectivity index (χ3v) is 6.80. The van der Waals surface area contributed by atoms with Crippen molar-refractivity contribution in [1.29, 1.82) is 0 Å². The van der Waals surface area contributed by atoms with Gasteiger partial charge in [0.2, 0.25) is 0 Å². The van der Waals surface area contributed by atoms with E-state index in [0.29, 0.717) is 0 Å². The molecule has 142 valence electrons. The van der Waals surface area contributed by atoms with Crippen LogP contribution in [0.3, 0.4) is 0 Å². The molecule has 0 radical (unpaired) electrons. The van der Waals surface area contributed by atoms with Crippen LogP contribution in [-0.2, 0) is 0 Å². The molecule has 2 heteroatoms. The van der Waals surface area contributed by atoms with Gasteiger partial charge in [-0.2, -0.15) is 0 Å². The van der Waals surface area contributed by atoms with Crippen LogP contribution < -0.4 is 0 Å². The van der Waals surface area contributed by atoms with Crippen LogP contribution in [0.15, 0.2) is 106 Å². The van der Waals surface area contributed by atoms with E-state index in [4.69, 9.17) is 0 Å². The molecule has 0 unspecified atom stereocenters. The maximum Gasteiger partial charge on any atom is 0.0187 e. The lowest BCUT2D eigenvalue weighted by Crippen LogP contribution is -1.87. The molecule has 0 aromatic heterocycles. The second-order valence-electron chi connectivity index (χ2n) is 7.75. The molecule has 0 amide bonds. The highest BCUT2D eigenvalue weighted by atomic mass is 79.9. The van der Waals surface area contributed by atoms with Crippen LogP contribution in [0.2, 0.25) is 0 Å². The molecule has 0 aliphatic rings. The molecule has 0 bridgehead atoms. The lowest BCUT2D eigenvalue weighted by atomic mass is 9.91. The first-order valence-corrected chi connectivity index (χ1v) is 11.5. The summed E-state index contributed by atoms with van der Waals surface area (Å²) in [4.78, 5) is 0. The van der Waals surface area contributed by atoms with Gasteiger partial charge in [-0.15, -0.1) is 0 Å². The van der Waals surface area contributed by atoms with Gasteiger partial charge in [-0.1, -0.05) is 86.5 Å². The molecule has 0 atom stereocenters. The van der Waals surface area contributed by atoms with E-state index < -0.39 is 0 Å². The standard InChI is InChI=1S/C28H16Br2/c29-25-6-2-5-19(14-25)23-13-24(16-26(30)15-23)22-11-20-9-7-17-3-1-4-18-8-10-21(12-22)28(20)27(17)18/h1-16H. The minimum Gasteiger partial charge on any atom is -0.0610 e. The molecule has 0 N–H and O–H groups in total. The fourth-order valence-electron chi connectivity index (χ4n) is 4.51. The summed E-state index contributed by atoms with van der Waals surface area (Å²) in [6, 6.07) is 35.3. The van der Waals surface area contributed by atoms with E-state index in [1.807, 2.05) is 0 Å². The van der Waals surface area contributed by atoms with Gasteiger partial charge in [-0.25, -0.2) is 0 Å². The van der Waals surface area contributed by atoms with E-state index in [1.54, 1.807) is 0 Å². The molecule has 0 nitrogen and oxygen atoms in total. The SMILES string of the molecule is Brc1cccc(-c2cc(Br)cc(-c3cc4ccc5cccc6ccc(c3)c4c56)c2)c1. The Bertz CT molecular complexity index is 1500. The largest absolute Gasteiger partial charge is 0.0610 e.